The topological polar surface area (TPSA) is 17.1 Å². The molecular formula is C23H40O. The van der Waals surface area contributed by atoms with Gasteiger partial charge >= 0.3 is 0 Å². The minimum atomic E-state index is 0.315. The van der Waals surface area contributed by atoms with E-state index < -0.39 is 0 Å². The molecule has 6 atom stereocenters. The fraction of sp³-hybridized carbons (Fsp3) is 0.870. The van der Waals surface area contributed by atoms with Gasteiger partial charge in [0, 0.05) is 5.92 Å². The Hall–Kier alpha value is -0.590. The van der Waals surface area contributed by atoms with E-state index in [1.165, 1.54) is 57.7 Å². The average molecular weight is 333 g/mol. The molecule has 3 aliphatic rings. The highest BCUT2D eigenvalue weighted by Crippen LogP contribution is 2.62. The van der Waals surface area contributed by atoms with E-state index in [1.54, 1.807) is 5.57 Å². The van der Waals surface area contributed by atoms with E-state index in [0.29, 0.717) is 11.3 Å². The predicted molar refractivity (Wildman–Crippen MR) is 104 cm³/mol. The molecule has 0 aromatic carbocycles. The van der Waals surface area contributed by atoms with Gasteiger partial charge in [0.2, 0.25) is 0 Å². The Morgan fingerprint density at radius 2 is 1.88 bits per heavy atom. The lowest BCUT2D eigenvalue weighted by Gasteiger charge is -2.52. The van der Waals surface area contributed by atoms with Crippen molar-refractivity contribution in [2.24, 2.45) is 35.0 Å². The number of hydrogen-bond acceptors (Lipinski definition) is 1. The van der Waals surface area contributed by atoms with Crippen LogP contribution in [0.25, 0.3) is 0 Å². The van der Waals surface area contributed by atoms with Crippen LogP contribution in [0.5, 0.6) is 0 Å². The van der Waals surface area contributed by atoms with Gasteiger partial charge in [0.1, 0.15) is 6.29 Å². The third kappa shape index (κ3) is 3.37. The number of rotatable bonds is 5. The molecule has 6 unspecified atom stereocenters. The van der Waals surface area contributed by atoms with Gasteiger partial charge in [-0.3, -0.25) is 0 Å². The number of carbonyl (C=O) groups is 1. The van der Waals surface area contributed by atoms with Gasteiger partial charge in [0.05, 0.1) is 0 Å². The Bertz CT molecular complexity index is 437. The fourth-order valence-corrected chi connectivity index (χ4v) is 6.42. The lowest BCUT2D eigenvalue weighted by molar-refractivity contribution is -0.116. The SMILES string of the molecule is CC.CCCC1=CCC2C(CCC3(C)C(C=O)CCC23)C1CCC. The van der Waals surface area contributed by atoms with E-state index in [2.05, 4.69) is 26.8 Å². The van der Waals surface area contributed by atoms with E-state index in [9.17, 15) is 4.79 Å². The molecule has 0 N–H and O–H groups in total. The van der Waals surface area contributed by atoms with Crippen LogP contribution in [0.4, 0.5) is 0 Å². The summed E-state index contributed by atoms with van der Waals surface area (Å²) < 4.78 is 0. The summed E-state index contributed by atoms with van der Waals surface area (Å²) in [4.78, 5) is 11.5. The number of carbonyl (C=O) groups excluding carboxylic acids is 1. The monoisotopic (exact) mass is 332 g/mol. The van der Waals surface area contributed by atoms with E-state index in [-0.39, 0.29) is 0 Å². The van der Waals surface area contributed by atoms with Crippen LogP contribution in [0.3, 0.4) is 0 Å². The zero-order valence-electron chi connectivity index (χ0n) is 16.8. The molecule has 0 saturated heterocycles. The highest BCUT2D eigenvalue weighted by atomic mass is 16.1. The molecule has 2 fully saturated rings. The molecule has 0 radical (unpaired) electrons. The zero-order valence-corrected chi connectivity index (χ0v) is 16.8. The first kappa shape index (κ1) is 19.7. The van der Waals surface area contributed by atoms with E-state index in [4.69, 9.17) is 0 Å². The predicted octanol–water partition coefficient (Wildman–Crippen LogP) is 6.82. The summed E-state index contributed by atoms with van der Waals surface area (Å²) in [6.07, 6.45) is 15.6. The van der Waals surface area contributed by atoms with Crippen molar-refractivity contribution in [1.82, 2.24) is 0 Å². The van der Waals surface area contributed by atoms with Crippen molar-refractivity contribution < 1.29 is 4.79 Å². The first-order valence-corrected chi connectivity index (χ1v) is 10.8. The summed E-state index contributed by atoms with van der Waals surface area (Å²) in [6, 6.07) is 0. The van der Waals surface area contributed by atoms with Crippen LogP contribution in [0.1, 0.15) is 92.4 Å². The second-order valence-electron chi connectivity index (χ2n) is 8.46. The molecular weight excluding hydrogens is 292 g/mol. The third-order valence-corrected chi connectivity index (χ3v) is 7.51. The maximum atomic E-state index is 11.5. The van der Waals surface area contributed by atoms with Gasteiger partial charge in [0.25, 0.3) is 0 Å². The number of aldehydes is 1. The van der Waals surface area contributed by atoms with Crippen LogP contribution in [-0.2, 0) is 4.79 Å². The normalized spacial score (nSPS) is 40.7. The van der Waals surface area contributed by atoms with Gasteiger partial charge in [0.15, 0.2) is 0 Å². The van der Waals surface area contributed by atoms with Crippen molar-refractivity contribution in [3.8, 4) is 0 Å². The standard InChI is InChI=1S/C21H34O.C2H6/c1-4-6-15-8-10-19-18(17(15)7-5-2)12-13-21(3)16(14-22)9-11-20(19)21;1-2/h8,14,16-20H,4-7,9-13H2,1-3H3;1-2H3. The maximum Gasteiger partial charge on any atom is 0.123 e. The number of hydrogen-bond donors (Lipinski definition) is 0. The molecule has 2 saturated carbocycles. The van der Waals surface area contributed by atoms with E-state index in [1.807, 2.05) is 13.8 Å². The molecule has 3 rings (SSSR count). The van der Waals surface area contributed by atoms with Crippen LogP contribution in [0, 0.1) is 35.0 Å². The van der Waals surface area contributed by atoms with Crippen molar-refractivity contribution in [3.05, 3.63) is 11.6 Å². The summed E-state index contributed by atoms with van der Waals surface area (Å²) in [6.45, 7) is 11.1. The van der Waals surface area contributed by atoms with Crippen molar-refractivity contribution in [2.45, 2.75) is 92.4 Å². The molecule has 0 bridgehead atoms. The van der Waals surface area contributed by atoms with E-state index >= 15 is 0 Å². The largest absolute Gasteiger partial charge is 0.303 e. The molecule has 24 heavy (non-hydrogen) atoms. The summed E-state index contributed by atoms with van der Waals surface area (Å²) in [5.41, 5.74) is 2.09. The minimum absolute atomic E-state index is 0.315. The fourth-order valence-electron chi connectivity index (χ4n) is 6.42. The van der Waals surface area contributed by atoms with Gasteiger partial charge in [-0.05, 0) is 74.0 Å². The Morgan fingerprint density at radius 3 is 2.50 bits per heavy atom. The van der Waals surface area contributed by atoms with Crippen LogP contribution in [0.2, 0.25) is 0 Å². The summed E-state index contributed by atoms with van der Waals surface area (Å²) in [7, 11) is 0. The van der Waals surface area contributed by atoms with Crippen LogP contribution >= 0.6 is 0 Å². The van der Waals surface area contributed by atoms with Crippen LogP contribution in [0.15, 0.2) is 11.6 Å². The Kier molecular flexibility index (Phi) is 7.13. The van der Waals surface area contributed by atoms with Crippen molar-refractivity contribution in [2.75, 3.05) is 0 Å². The van der Waals surface area contributed by atoms with Gasteiger partial charge in [-0.25, -0.2) is 0 Å². The van der Waals surface area contributed by atoms with Crippen molar-refractivity contribution in [3.63, 3.8) is 0 Å². The number of fused-ring (bicyclic) bond motifs is 3. The molecule has 0 amide bonds. The smallest absolute Gasteiger partial charge is 0.123 e. The van der Waals surface area contributed by atoms with Gasteiger partial charge < -0.3 is 4.79 Å². The van der Waals surface area contributed by atoms with Gasteiger partial charge in [-0.1, -0.05) is 59.1 Å². The first-order chi connectivity index (χ1) is 11.7. The average Bonchev–Trinajstić information content (AvgIpc) is 2.95. The molecule has 0 aromatic heterocycles. The first-order valence-electron chi connectivity index (χ1n) is 10.8. The lowest BCUT2D eigenvalue weighted by atomic mass is 9.52. The minimum Gasteiger partial charge on any atom is -0.303 e. The Balaban J connectivity index is 0.00000100. The zero-order chi connectivity index (χ0) is 17.7. The summed E-state index contributed by atoms with van der Waals surface area (Å²) in [5, 5.41) is 0. The third-order valence-electron chi connectivity index (χ3n) is 7.51. The molecule has 1 nitrogen and oxygen atoms in total. The van der Waals surface area contributed by atoms with Crippen LogP contribution < -0.4 is 0 Å². The Labute approximate surface area is 150 Å². The molecule has 0 spiro atoms. The molecule has 138 valence electrons. The summed E-state index contributed by atoms with van der Waals surface area (Å²) >= 11 is 0. The molecule has 1 heteroatoms. The molecule has 0 aromatic rings. The van der Waals surface area contributed by atoms with E-state index in [0.717, 1.165) is 30.1 Å². The quantitative estimate of drug-likeness (QED) is 0.399. The molecule has 0 aliphatic heterocycles. The Morgan fingerprint density at radius 1 is 1.12 bits per heavy atom. The lowest BCUT2D eigenvalue weighted by Crippen LogP contribution is -2.45. The summed E-state index contributed by atoms with van der Waals surface area (Å²) in [5.74, 6) is 3.77. The van der Waals surface area contributed by atoms with Crippen LogP contribution in [-0.4, -0.2) is 6.29 Å². The number of allylic oxidation sites excluding steroid dienone is 2. The maximum absolute atomic E-state index is 11.5. The molecule has 3 aliphatic carbocycles. The van der Waals surface area contributed by atoms with Gasteiger partial charge in [-0.15, -0.1) is 0 Å². The highest BCUT2D eigenvalue weighted by Gasteiger charge is 2.55. The van der Waals surface area contributed by atoms with Gasteiger partial charge in [-0.2, -0.15) is 0 Å². The van der Waals surface area contributed by atoms with Crippen molar-refractivity contribution >= 4 is 6.29 Å². The van der Waals surface area contributed by atoms with Crippen molar-refractivity contribution in [1.29, 1.82) is 0 Å². The second-order valence-corrected chi connectivity index (χ2v) is 8.46. The second kappa shape index (κ2) is 8.68. The highest BCUT2D eigenvalue weighted by molar-refractivity contribution is 5.56. The molecule has 0 heterocycles.